The highest BCUT2D eigenvalue weighted by atomic mass is 32.2. The van der Waals surface area contributed by atoms with Crippen molar-refractivity contribution in [3.63, 3.8) is 0 Å². The lowest BCUT2D eigenvalue weighted by molar-refractivity contribution is -0.120. The minimum atomic E-state index is -1.53. The fourth-order valence-corrected chi connectivity index (χ4v) is 5.18. The monoisotopic (exact) mass is 535 g/mol. The molecule has 1 amide bonds. The van der Waals surface area contributed by atoms with Crippen molar-refractivity contribution in [2.75, 3.05) is 29.2 Å². The summed E-state index contributed by atoms with van der Waals surface area (Å²) >= 11 is 1.51. The Kier molecular flexibility index (Phi) is 6.30. The smallest absolute Gasteiger partial charge is 0.249 e. The number of halogens is 3. The minimum absolute atomic E-state index is 0.0648. The van der Waals surface area contributed by atoms with Crippen LogP contribution in [0.2, 0.25) is 0 Å². The molecule has 2 N–H and O–H groups in total. The molecule has 3 heterocycles. The quantitative estimate of drug-likeness (QED) is 0.491. The summed E-state index contributed by atoms with van der Waals surface area (Å²) < 4.78 is 52.6. The van der Waals surface area contributed by atoms with Crippen LogP contribution in [-0.4, -0.2) is 52.8 Å². The second-order valence-electron chi connectivity index (χ2n) is 10.5. The maximum Gasteiger partial charge on any atom is 0.249 e. The van der Waals surface area contributed by atoms with Crippen molar-refractivity contribution in [2.45, 2.75) is 63.8 Å². The van der Waals surface area contributed by atoms with Gasteiger partial charge in [0.2, 0.25) is 11.9 Å². The first kappa shape index (κ1) is 25.7. The van der Waals surface area contributed by atoms with Gasteiger partial charge in [0.1, 0.15) is 23.1 Å². The zero-order chi connectivity index (χ0) is 26.7. The number of likely N-dealkylation sites (N-methyl/N-ethyl adjacent to an activating group) is 1. The van der Waals surface area contributed by atoms with E-state index in [4.69, 9.17) is 9.47 Å². The van der Waals surface area contributed by atoms with Crippen molar-refractivity contribution >= 4 is 35.1 Å². The highest BCUT2D eigenvalue weighted by molar-refractivity contribution is 8.12. The van der Waals surface area contributed by atoms with E-state index in [0.717, 1.165) is 17.0 Å². The largest absolute Gasteiger partial charge is 0.482 e. The van der Waals surface area contributed by atoms with Crippen LogP contribution in [0, 0.1) is 24.4 Å². The number of aryl methyl sites for hydroxylation is 1. The Bertz CT molecular complexity index is 1270. The number of fused-ring (bicyclic) bond motifs is 1. The van der Waals surface area contributed by atoms with Gasteiger partial charge in [0.05, 0.1) is 17.9 Å². The number of benzene rings is 1. The zero-order valence-electron chi connectivity index (χ0n) is 21.1. The van der Waals surface area contributed by atoms with Gasteiger partial charge >= 0.3 is 0 Å². The van der Waals surface area contributed by atoms with E-state index in [9.17, 15) is 18.0 Å². The van der Waals surface area contributed by atoms with Crippen molar-refractivity contribution in [2.24, 2.45) is 0 Å². The van der Waals surface area contributed by atoms with Crippen LogP contribution in [-0.2, 0) is 9.53 Å². The van der Waals surface area contributed by atoms with Gasteiger partial charge in [-0.25, -0.2) is 18.2 Å². The van der Waals surface area contributed by atoms with Gasteiger partial charge in [0, 0.05) is 43.0 Å². The summed E-state index contributed by atoms with van der Waals surface area (Å²) in [4.78, 5) is 24.6. The number of rotatable bonds is 7. The van der Waals surface area contributed by atoms with Gasteiger partial charge in [-0.05, 0) is 33.1 Å². The Morgan fingerprint density at radius 1 is 1.22 bits per heavy atom. The maximum atomic E-state index is 13.7. The van der Waals surface area contributed by atoms with Gasteiger partial charge in [-0.2, -0.15) is 4.98 Å². The number of anilines is 3. The van der Waals surface area contributed by atoms with Crippen LogP contribution in [0.4, 0.5) is 30.6 Å². The minimum Gasteiger partial charge on any atom is -0.482 e. The van der Waals surface area contributed by atoms with Gasteiger partial charge < -0.3 is 25.0 Å². The first-order chi connectivity index (χ1) is 17.3. The molecule has 1 aromatic heterocycles. The molecular weight excluding hydrogens is 507 g/mol. The van der Waals surface area contributed by atoms with Crippen LogP contribution >= 0.6 is 11.8 Å². The first-order valence-corrected chi connectivity index (χ1v) is 12.8. The maximum absolute atomic E-state index is 13.7. The molecule has 5 rings (SSSR count). The van der Waals surface area contributed by atoms with Gasteiger partial charge in [0.15, 0.2) is 23.3 Å². The summed E-state index contributed by atoms with van der Waals surface area (Å²) in [5, 5.41) is 8.13. The second-order valence-corrected chi connectivity index (χ2v) is 11.4. The number of hydrogen-bond acceptors (Lipinski definition) is 8. The Morgan fingerprint density at radius 3 is 2.46 bits per heavy atom. The number of amides is 1. The molecule has 1 atom stereocenters. The normalized spacial score (nSPS) is 24.6. The standard InChI is InChI=1S/C25H28F3N5O3S/c1-12-20-21(33(5)17(22(34)31-20)10-35-24(2,3)4)32-23(29-12)30-13-8-25(9-13,18-11-37-18)36-14-6-15(26)19(28)16(27)7-14/h6-7,11,13,17H,8-10H2,1-5H3,(H,31,34)(H,29,30,32)/t13-,17-,25-/m0/s1. The molecule has 2 aliphatic heterocycles. The van der Waals surface area contributed by atoms with Crippen LogP contribution in [0.3, 0.4) is 0 Å². The molecule has 3 aliphatic rings. The average Bonchev–Trinajstić information content (AvgIpc) is 3.61. The molecule has 198 valence electrons. The van der Waals surface area contributed by atoms with E-state index >= 15 is 0 Å². The Morgan fingerprint density at radius 2 is 1.86 bits per heavy atom. The molecule has 2 aromatic rings. The molecule has 0 radical (unpaired) electrons. The molecule has 1 aromatic carbocycles. The molecule has 0 spiro atoms. The summed E-state index contributed by atoms with van der Waals surface area (Å²) in [7, 11) is 1.80. The van der Waals surface area contributed by atoms with Crippen molar-refractivity contribution in [3.05, 3.63) is 45.6 Å². The average molecular weight is 536 g/mol. The van der Waals surface area contributed by atoms with Crippen molar-refractivity contribution in [1.82, 2.24) is 9.97 Å². The Balaban J connectivity index is 1.30. The van der Waals surface area contributed by atoms with Crippen molar-refractivity contribution in [1.29, 1.82) is 0 Å². The number of aromatic nitrogens is 2. The van der Waals surface area contributed by atoms with Gasteiger partial charge in [0.25, 0.3) is 0 Å². The predicted molar refractivity (Wildman–Crippen MR) is 135 cm³/mol. The SMILES string of the molecule is Cc1nc(N[C@H]2C[C@@](Oc3cc(F)c(F)c(F)c3)(C3=CS3)C2)nc2c1NC(=O)[C@H](COC(C)(C)C)N2C. The first-order valence-electron chi connectivity index (χ1n) is 11.9. The predicted octanol–water partition coefficient (Wildman–Crippen LogP) is 4.75. The van der Waals surface area contributed by atoms with E-state index < -0.39 is 34.7 Å². The van der Waals surface area contributed by atoms with E-state index in [0.29, 0.717) is 36.0 Å². The summed E-state index contributed by atoms with van der Waals surface area (Å²) in [5.41, 5.74) is 0.0243. The zero-order valence-corrected chi connectivity index (χ0v) is 21.9. The molecule has 0 saturated heterocycles. The number of nitrogens with zero attached hydrogens (tertiary/aromatic N) is 3. The summed E-state index contributed by atoms with van der Waals surface area (Å²) in [6.07, 6.45) is 1.00. The molecule has 12 heteroatoms. The molecular formula is C25H28F3N5O3S. The molecule has 0 unspecified atom stereocenters. The Hall–Kier alpha value is -2.99. The molecule has 8 nitrogen and oxygen atoms in total. The lowest BCUT2D eigenvalue weighted by Crippen LogP contribution is -2.54. The van der Waals surface area contributed by atoms with E-state index in [1.165, 1.54) is 11.8 Å². The number of hydrogen-bond donors (Lipinski definition) is 2. The third kappa shape index (κ3) is 5.08. The summed E-state index contributed by atoms with van der Waals surface area (Å²) in [5.74, 6) is -3.39. The van der Waals surface area contributed by atoms with Gasteiger partial charge in [-0.1, -0.05) is 11.8 Å². The van der Waals surface area contributed by atoms with E-state index in [-0.39, 0.29) is 24.3 Å². The fourth-order valence-electron chi connectivity index (χ4n) is 4.49. The second kappa shape index (κ2) is 9.09. The lowest BCUT2D eigenvalue weighted by Gasteiger charge is -2.46. The highest BCUT2D eigenvalue weighted by Gasteiger charge is 2.53. The molecule has 37 heavy (non-hydrogen) atoms. The van der Waals surface area contributed by atoms with Crippen molar-refractivity contribution < 1.29 is 27.4 Å². The topological polar surface area (TPSA) is 88.6 Å². The van der Waals surface area contributed by atoms with Gasteiger partial charge in [-0.3, -0.25) is 4.79 Å². The number of thioether (sulfide) groups is 1. The third-order valence-corrected chi connectivity index (χ3v) is 7.38. The number of ether oxygens (including phenoxy) is 2. The number of carbonyl (C=O) groups excluding carboxylic acids is 1. The van der Waals surface area contributed by atoms with Crippen molar-refractivity contribution in [3.8, 4) is 5.75 Å². The molecule has 1 fully saturated rings. The number of nitrogens with one attached hydrogen (secondary N) is 2. The number of carbonyl (C=O) groups is 1. The molecule has 1 saturated carbocycles. The van der Waals surface area contributed by atoms with Crippen LogP contribution in [0.15, 0.2) is 22.4 Å². The van der Waals surface area contributed by atoms with Crippen LogP contribution in [0.25, 0.3) is 0 Å². The van der Waals surface area contributed by atoms with E-state index in [1.54, 1.807) is 18.9 Å². The highest BCUT2D eigenvalue weighted by Crippen LogP contribution is 2.55. The van der Waals surface area contributed by atoms with Gasteiger partial charge in [-0.15, -0.1) is 0 Å². The molecule has 1 aliphatic carbocycles. The summed E-state index contributed by atoms with van der Waals surface area (Å²) in [6.45, 7) is 7.78. The molecule has 0 bridgehead atoms. The van der Waals surface area contributed by atoms with Crippen LogP contribution < -0.4 is 20.3 Å². The summed E-state index contributed by atoms with van der Waals surface area (Å²) in [6, 6.07) is 1.09. The van der Waals surface area contributed by atoms with E-state index in [2.05, 4.69) is 20.6 Å². The fraction of sp³-hybridized carbons (Fsp3) is 0.480. The Labute approximate surface area is 217 Å². The lowest BCUT2D eigenvalue weighted by atomic mass is 9.75. The van der Waals surface area contributed by atoms with Crippen LogP contribution in [0.5, 0.6) is 5.75 Å². The van der Waals surface area contributed by atoms with E-state index in [1.807, 2.05) is 26.2 Å². The van der Waals surface area contributed by atoms with Crippen LogP contribution in [0.1, 0.15) is 39.3 Å². The third-order valence-electron chi connectivity index (χ3n) is 6.54.